The Morgan fingerprint density at radius 1 is 1.05 bits per heavy atom. The number of pyridine rings is 1. The average molecular weight is 541 g/mol. The molecule has 2 heterocycles. The van der Waals surface area contributed by atoms with Crippen LogP contribution in [0, 0.1) is 12.7 Å². The van der Waals surface area contributed by atoms with Gasteiger partial charge in [0.15, 0.2) is 0 Å². The normalized spacial score (nSPS) is 11.6. The van der Waals surface area contributed by atoms with E-state index in [1.54, 1.807) is 93.4 Å². The van der Waals surface area contributed by atoms with Crippen molar-refractivity contribution in [2.24, 2.45) is 0 Å². The molecule has 0 aliphatic rings. The number of nitrogens with zero attached hydrogens (tertiary/aromatic N) is 3. The monoisotopic (exact) mass is 540 g/mol. The van der Waals surface area contributed by atoms with E-state index in [4.69, 9.17) is 4.74 Å². The van der Waals surface area contributed by atoms with E-state index in [2.05, 4.69) is 10.3 Å². The highest BCUT2D eigenvalue weighted by atomic mass is 19.1. The fourth-order valence-corrected chi connectivity index (χ4v) is 4.79. The smallest absolute Gasteiger partial charge is 0.284 e. The van der Waals surface area contributed by atoms with Crippen molar-refractivity contribution in [3.63, 3.8) is 0 Å². The van der Waals surface area contributed by atoms with Crippen LogP contribution in [0.2, 0.25) is 0 Å². The third-order valence-electron chi connectivity index (χ3n) is 6.63. The minimum Gasteiger partial charge on any atom is -0.497 e. The summed E-state index contributed by atoms with van der Waals surface area (Å²) in [4.78, 5) is 31.2. The number of carbonyl (C=O) groups excluding carboxylic acids is 1. The van der Waals surface area contributed by atoms with E-state index in [1.165, 1.54) is 10.7 Å². The fourth-order valence-electron chi connectivity index (χ4n) is 4.79. The number of para-hydroxylation sites is 1. The van der Waals surface area contributed by atoms with Gasteiger partial charge in [-0.1, -0.05) is 18.2 Å². The number of ether oxygens (including phenoxy) is 1. The number of hydrogen-bond donors (Lipinski definition) is 2. The molecule has 0 aliphatic heterocycles. The molecule has 0 bridgehead atoms. The van der Waals surface area contributed by atoms with Crippen LogP contribution in [0.1, 0.15) is 29.9 Å². The van der Waals surface area contributed by atoms with Crippen molar-refractivity contribution in [2.45, 2.75) is 32.9 Å². The third kappa shape index (κ3) is 5.11. The summed E-state index contributed by atoms with van der Waals surface area (Å²) in [5, 5.41) is 13.9. The molecule has 2 aromatic heterocycles. The highest BCUT2D eigenvalue weighted by Gasteiger charge is 2.27. The summed E-state index contributed by atoms with van der Waals surface area (Å²) in [6, 6.07) is 20.4. The number of hydrogen-bond acceptors (Lipinski definition) is 5. The zero-order valence-electron chi connectivity index (χ0n) is 22.6. The maximum absolute atomic E-state index is 15.4. The van der Waals surface area contributed by atoms with Crippen LogP contribution < -0.4 is 15.6 Å². The Morgan fingerprint density at radius 3 is 2.48 bits per heavy atom. The van der Waals surface area contributed by atoms with Gasteiger partial charge in [-0.25, -0.2) is 9.07 Å². The standard InChI is InChI=1S/C31H29FN4O4/c1-19-28(30(38)36(21-8-6-5-7-9-21)35(19)18-31(2,3)39)29(37)34-20-10-12-24(26(32)16-20)23-14-15-33-27-17-22(40-4)11-13-25(23)27/h5-17,39H,18H2,1-4H3,(H,34,37). The Labute approximate surface area is 230 Å². The van der Waals surface area contributed by atoms with Crippen LogP contribution in [0.3, 0.4) is 0 Å². The molecule has 8 nitrogen and oxygen atoms in total. The van der Waals surface area contributed by atoms with Crippen molar-refractivity contribution < 1.29 is 19.0 Å². The van der Waals surface area contributed by atoms with Gasteiger partial charge in [0.05, 0.1) is 36.2 Å². The average Bonchev–Trinajstić information content (AvgIpc) is 3.16. The highest BCUT2D eigenvalue weighted by molar-refractivity contribution is 6.05. The molecule has 0 aliphatic carbocycles. The molecule has 40 heavy (non-hydrogen) atoms. The van der Waals surface area contributed by atoms with Crippen LogP contribution in [-0.2, 0) is 6.54 Å². The molecule has 5 rings (SSSR count). The second-order valence-corrected chi connectivity index (χ2v) is 10.2. The second-order valence-electron chi connectivity index (χ2n) is 10.2. The number of rotatable bonds is 7. The maximum Gasteiger partial charge on any atom is 0.284 e. The van der Waals surface area contributed by atoms with Crippen molar-refractivity contribution in [1.29, 1.82) is 0 Å². The Hall–Kier alpha value is -4.76. The molecular weight excluding hydrogens is 511 g/mol. The van der Waals surface area contributed by atoms with Gasteiger partial charge in [-0.3, -0.25) is 19.3 Å². The predicted molar refractivity (Wildman–Crippen MR) is 153 cm³/mol. The number of methoxy groups -OCH3 is 1. The third-order valence-corrected chi connectivity index (χ3v) is 6.63. The first-order valence-electron chi connectivity index (χ1n) is 12.7. The van der Waals surface area contributed by atoms with E-state index in [1.807, 2.05) is 12.1 Å². The number of aliphatic hydroxyl groups is 1. The Balaban J connectivity index is 1.50. The van der Waals surface area contributed by atoms with Crippen molar-refractivity contribution >= 4 is 22.5 Å². The molecule has 0 unspecified atom stereocenters. The molecule has 0 saturated carbocycles. The molecule has 0 radical (unpaired) electrons. The van der Waals surface area contributed by atoms with Gasteiger partial charge in [-0.2, -0.15) is 0 Å². The van der Waals surface area contributed by atoms with E-state index >= 15 is 4.39 Å². The van der Waals surface area contributed by atoms with Gasteiger partial charge < -0.3 is 15.2 Å². The van der Waals surface area contributed by atoms with Crippen molar-refractivity contribution in [3.05, 3.63) is 106 Å². The predicted octanol–water partition coefficient (Wildman–Crippen LogP) is 5.33. The van der Waals surface area contributed by atoms with E-state index in [9.17, 15) is 14.7 Å². The van der Waals surface area contributed by atoms with Crippen LogP contribution in [0.15, 0.2) is 83.8 Å². The molecule has 5 aromatic rings. The quantitative estimate of drug-likeness (QED) is 0.291. The lowest BCUT2D eigenvalue weighted by Crippen LogP contribution is -2.32. The summed E-state index contributed by atoms with van der Waals surface area (Å²) in [7, 11) is 1.57. The van der Waals surface area contributed by atoms with Crippen LogP contribution in [0.4, 0.5) is 10.1 Å². The lowest BCUT2D eigenvalue weighted by Gasteiger charge is -2.22. The number of halogens is 1. The summed E-state index contributed by atoms with van der Waals surface area (Å²) in [6.07, 6.45) is 1.60. The lowest BCUT2D eigenvalue weighted by molar-refractivity contribution is 0.0546. The van der Waals surface area contributed by atoms with Crippen LogP contribution in [-0.4, -0.2) is 38.1 Å². The molecule has 0 atom stereocenters. The fraction of sp³-hybridized carbons (Fsp3) is 0.194. The van der Waals surface area contributed by atoms with E-state index < -0.39 is 22.9 Å². The van der Waals surface area contributed by atoms with Gasteiger partial charge in [0, 0.05) is 28.9 Å². The molecule has 3 aromatic carbocycles. The summed E-state index contributed by atoms with van der Waals surface area (Å²) < 4.78 is 23.6. The maximum atomic E-state index is 15.4. The second kappa shape index (κ2) is 10.4. The summed E-state index contributed by atoms with van der Waals surface area (Å²) in [5.41, 5.74) is 0.999. The summed E-state index contributed by atoms with van der Waals surface area (Å²) in [5.74, 6) is -0.567. The first kappa shape index (κ1) is 26.8. The van der Waals surface area contributed by atoms with Crippen molar-refractivity contribution in [2.75, 3.05) is 12.4 Å². The summed E-state index contributed by atoms with van der Waals surface area (Å²) >= 11 is 0. The van der Waals surface area contributed by atoms with Crippen LogP contribution in [0.25, 0.3) is 27.7 Å². The number of aromatic nitrogens is 3. The Kier molecular flexibility index (Phi) is 6.99. The Bertz CT molecular complexity index is 1790. The molecule has 2 N–H and O–H groups in total. The van der Waals surface area contributed by atoms with Gasteiger partial charge in [0.1, 0.15) is 17.1 Å². The number of fused-ring (bicyclic) bond motifs is 1. The molecule has 0 fully saturated rings. The van der Waals surface area contributed by atoms with E-state index in [-0.39, 0.29) is 17.8 Å². The molecule has 9 heteroatoms. The van der Waals surface area contributed by atoms with Gasteiger partial charge in [0.25, 0.3) is 11.5 Å². The van der Waals surface area contributed by atoms with Gasteiger partial charge in [0.2, 0.25) is 0 Å². The first-order valence-corrected chi connectivity index (χ1v) is 12.7. The Morgan fingerprint density at radius 2 is 1.80 bits per heavy atom. The largest absolute Gasteiger partial charge is 0.497 e. The minimum atomic E-state index is -1.15. The van der Waals surface area contributed by atoms with E-state index in [0.717, 1.165) is 5.39 Å². The van der Waals surface area contributed by atoms with E-state index in [0.29, 0.717) is 33.8 Å². The van der Waals surface area contributed by atoms with Gasteiger partial charge in [-0.15, -0.1) is 0 Å². The number of amides is 1. The van der Waals surface area contributed by atoms with Crippen LogP contribution >= 0.6 is 0 Å². The molecular formula is C31H29FN4O4. The van der Waals surface area contributed by atoms with Crippen LogP contribution in [0.5, 0.6) is 5.75 Å². The minimum absolute atomic E-state index is 0.0747. The topological polar surface area (TPSA) is 98.4 Å². The van der Waals surface area contributed by atoms with Gasteiger partial charge >= 0.3 is 0 Å². The van der Waals surface area contributed by atoms with Crippen molar-refractivity contribution in [3.8, 4) is 22.6 Å². The molecule has 204 valence electrons. The number of carbonyl (C=O) groups is 1. The summed E-state index contributed by atoms with van der Waals surface area (Å²) in [6.45, 7) is 4.97. The zero-order valence-corrected chi connectivity index (χ0v) is 22.6. The number of benzene rings is 3. The number of anilines is 1. The number of nitrogens with one attached hydrogen (secondary N) is 1. The lowest BCUT2D eigenvalue weighted by atomic mass is 10.0. The van der Waals surface area contributed by atoms with Crippen molar-refractivity contribution in [1.82, 2.24) is 14.3 Å². The first-order chi connectivity index (χ1) is 19.1. The molecule has 0 spiro atoms. The molecule has 0 saturated heterocycles. The SMILES string of the molecule is COc1ccc2c(-c3ccc(NC(=O)c4c(C)n(CC(C)(C)O)n(-c5ccccc5)c4=O)cc3F)ccnc2c1. The molecule has 1 amide bonds. The highest BCUT2D eigenvalue weighted by Crippen LogP contribution is 2.32. The van der Waals surface area contributed by atoms with Gasteiger partial charge in [-0.05, 0) is 74.9 Å². The zero-order chi connectivity index (χ0) is 28.6.